The second kappa shape index (κ2) is 7.73. The van der Waals surface area contributed by atoms with Crippen molar-refractivity contribution in [3.05, 3.63) is 65.2 Å². The highest BCUT2D eigenvalue weighted by molar-refractivity contribution is 6.01. The Kier molecular flexibility index (Phi) is 5.86. The zero-order valence-corrected chi connectivity index (χ0v) is 16.4. The van der Waals surface area contributed by atoms with Gasteiger partial charge in [0, 0.05) is 25.3 Å². The molecule has 0 saturated carbocycles. The van der Waals surface area contributed by atoms with Crippen LogP contribution in [0.1, 0.15) is 54.0 Å². The van der Waals surface area contributed by atoms with Gasteiger partial charge in [-0.1, -0.05) is 45.0 Å². The van der Waals surface area contributed by atoms with Crippen molar-refractivity contribution in [1.29, 1.82) is 0 Å². The monoisotopic (exact) mass is 353 g/mol. The van der Waals surface area contributed by atoms with Crippen LogP contribution in [-0.4, -0.2) is 32.0 Å². The number of nitrogens with zero attached hydrogens (tertiary/aromatic N) is 1. The highest BCUT2D eigenvalue weighted by atomic mass is 16.5. The van der Waals surface area contributed by atoms with Crippen LogP contribution in [0.5, 0.6) is 0 Å². The minimum Gasteiger partial charge on any atom is -0.451 e. The topological polar surface area (TPSA) is 46.6 Å². The normalized spacial score (nSPS) is 12.4. The molecule has 0 radical (unpaired) electrons. The Balaban J connectivity index is 2.05. The molecule has 0 N–H and O–H groups in total. The lowest BCUT2D eigenvalue weighted by Gasteiger charge is -2.19. The first kappa shape index (κ1) is 19.7. The number of ketones is 1. The Morgan fingerprint density at radius 2 is 1.38 bits per heavy atom. The third-order valence-electron chi connectivity index (χ3n) is 4.31. The van der Waals surface area contributed by atoms with Gasteiger partial charge in [-0.2, -0.15) is 0 Å². The number of carbonyl (C=O) groups excluding carboxylic acids is 2. The molecule has 0 heterocycles. The summed E-state index contributed by atoms with van der Waals surface area (Å²) in [7, 11) is 3.86. The summed E-state index contributed by atoms with van der Waals surface area (Å²) >= 11 is 0. The number of anilines is 1. The molecule has 0 unspecified atom stereocenters. The molecular weight excluding hydrogens is 326 g/mol. The number of esters is 1. The molecule has 0 aliphatic rings. The van der Waals surface area contributed by atoms with Gasteiger partial charge < -0.3 is 9.64 Å². The Morgan fingerprint density at radius 3 is 1.85 bits per heavy atom. The van der Waals surface area contributed by atoms with Crippen LogP contribution in [0, 0.1) is 0 Å². The van der Waals surface area contributed by atoms with E-state index in [1.54, 1.807) is 31.2 Å². The minimum absolute atomic E-state index is 0.0262. The first-order valence-corrected chi connectivity index (χ1v) is 8.72. The van der Waals surface area contributed by atoms with Crippen LogP contribution >= 0.6 is 0 Å². The van der Waals surface area contributed by atoms with Gasteiger partial charge in [0.25, 0.3) is 0 Å². The van der Waals surface area contributed by atoms with E-state index in [9.17, 15) is 9.59 Å². The fourth-order valence-electron chi connectivity index (χ4n) is 2.55. The Morgan fingerprint density at radius 1 is 0.885 bits per heavy atom. The molecule has 0 bridgehead atoms. The molecule has 1 atom stereocenters. The second-order valence-electron chi connectivity index (χ2n) is 7.68. The van der Waals surface area contributed by atoms with E-state index < -0.39 is 12.1 Å². The SMILES string of the molecule is C[C@H](OC(=O)c1ccc(N(C)C)cc1)C(=O)c1ccc(C(C)(C)C)cc1. The lowest BCUT2D eigenvalue weighted by molar-refractivity contribution is 0.0319. The average Bonchev–Trinajstić information content (AvgIpc) is 2.60. The van der Waals surface area contributed by atoms with E-state index in [2.05, 4.69) is 20.8 Å². The third-order valence-corrected chi connectivity index (χ3v) is 4.31. The summed E-state index contributed by atoms with van der Waals surface area (Å²) in [5.41, 5.74) is 3.14. The molecule has 0 fully saturated rings. The first-order chi connectivity index (χ1) is 12.1. The molecule has 0 amide bonds. The summed E-state index contributed by atoms with van der Waals surface area (Å²) in [4.78, 5) is 26.7. The summed E-state index contributed by atoms with van der Waals surface area (Å²) in [6, 6.07) is 14.6. The summed E-state index contributed by atoms with van der Waals surface area (Å²) in [5, 5.41) is 0. The van der Waals surface area contributed by atoms with Crippen LogP contribution in [0.15, 0.2) is 48.5 Å². The number of ether oxygens (including phenoxy) is 1. The summed E-state index contributed by atoms with van der Waals surface area (Å²) in [5.74, 6) is -0.703. The van der Waals surface area contributed by atoms with Gasteiger partial charge in [-0.15, -0.1) is 0 Å². The molecular formula is C22H27NO3. The van der Waals surface area contributed by atoms with E-state index in [1.165, 1.54) is 0 Å². The van der Waals surface area contributed by atoms with E-state index in [1.807, 2.05) is 43.3 Å². The van der Waals surface area contributed by atoms with Gasteiger partial charge in [0.05, 0.1) is 5.56 Å². The van der Waals surface area contributed by atoms with Crippen molar-refractivity contribution in [2.45, 2.75) is 39.2 Å². The summed E-state index contributed by atoms with van der Waals surface area (Å²) in [6.45, 7) is 7.97. The van der Waals surface area contributed by atoms with E-state index in [0.717, 1.165) is 11.3 Å². The lowest BCUT2D eigenvalue weighted by atomic mass is 9.86. The average molecular weight is 353 g/mol. The second-order valence-corrected chi connectivity index (χ2v) is 7.68. The smallest absolute Gasteiger partial charge is 0.338 e. The molecule has 4 heteroatoms. The van der Waals surface area contributed by atoms with Crippen LogP contribution in [0.2, 0.25) is 0 Å². The zero-order valence-electron chi connectivity index (χ0n) is 16.4. The maximum Gasteiger partial charge on any atom is 0.338 e. The Hall–Kier alpha value is -2.62. The van der Waals surface area contributed by atoms with E-state index in [4.69, 9.17) is 4.74 Å². The highest BCUT2D eigenvalue weighted by Gasteiger charge is 2.21. The number of carbonyl (C=O) groups is 2. The number of hydrogen-bond acceptors (Lipinski definition) is 4. The van der Waals surface area contributed by atoms with Gasteiger partial charge in [0.15, 0.2) is 6.10 Å². The fraction of sp³-hybridized carbons (Fsp3) is 0.364. The molecule has 26 heavy (non-hydrogen) atoms. The number of Topliss-reactive ketones (excluding diaryl/α,β-unsaturated/α-hetero) is 1. The molecule has 4 nitrogen and oxygen atoms in total. The molecule has 2 aromatic carbocycles. The van der Waals surface area contributed by atoms with Gasteiger partial charge >= 0.3 is 5.97 Å². The largest absolute Gasteiger partial charge is 0.451 e. The Bertz CT molecular complexity index is 769. The molecule has 0 aliphatic heterocycles. The van der Waals surface area contributed by atoms with Crippen LogP contribution in [0.3, 0.4) is 0 Å². The Labute approximate surface area is 155 Å². The quantitative estimate of drug-likeness (QED) is 0.587. The maximum absolute atomic E-state index is 12.5. The zero-order chi connectivity index (χ0) is 19.5. The van der Waals surface area contributed by atoms with E-state index in [0.29, 0.717) is 11.1 Å². The van der Waals surface area contributed by atoms with Crippen molar-refractivity contribution in [3.63, 3.8) is 0 Å². The van der Waals surface area contributed by atoms with Crippen molar-refractivity contribution < 1.29 is 14.3 Å². The molecule has 138 valence electrons. The number of rotatable bonds is 5. The maximum atomic E-state index is 12.5. The molecule has 0 saturated heterocycles. The van der Waals surface area contributed by atoms with Crippen molar-refractivity contribution >= 4 is 17.4 Å². The van der Waals surface area contributed by atoms with Crippen LogP contribution in [0.4, 0.5) is 5.69 Å². The molecule has 0 aliphatic carbocycles. The first-order valence-electron chi connectivity index (χ1n) is 8.72. The highest BCUT2D eigenvalue weighted by Crippen LogP contribution is 2.23. The van der Waals surface area contributed by atoms with E-state index >= 15 is 0 Å². The van der Waals surface area contributed by atoms with Crippen LogP contribution in [0.25, 0.3) is 0 Å². The van der Waals surface area contributed by atoms with Gasteiger partial charge in [0.2, 0.25) is 5.78 Å². The summed E-state index contributed by atoms with van der Waals surface area (Å²) < 4.78 is 5.35. The van der Waals surface area contributed by atoms with Crippen LogP contribution < -0.4 is 4.90 Å². The molecule has 0 aromatic heterocycles. The van der Waals surface area contributed by atoms with Crippen molar-refractivity contribution in [2.75, 3.05) is 19.0 Å². The molecule has 2 aromatic rings. The van der Waals surface area contributed by atoms with Crippen LogP contribution in [-0.2, 0) is 10.2 Å². The fourth-order valence-corrected chi connectivity index (χ4v) is 2.55. The number of hydrogen-bond donors (Lipinski definition) is 0. The van der Waals surface area contributed by atoms with Crippen molar-refractivity contribution in [1.82, 2.24) is 0 Å². The predicted molar refractivity (Wildman–Crippen MR) is 105 cm³/mol. The molecule has 2 rings (SSSR count). The predicted octanol–water partition coefficient (Wildman–Crippen LogP) is 4.48. The van der Waals surface area contributed by atoms with Gasteiger partial charge in [-0.3, -0.25) is 4.79 Å². The van der Waals surface area contributed by atoms with Gasteiger partial charge in [-0.05, 0) is 42.2 Å². The summed E-state index contributed by atoms with van der Waals surface area (Å²) in [6.07, 6.45) is -0.837. The number of benzene rings is 2. The minimum atomic E-state index is -0.837. The van der Waals surface area contributed by atoms with Gasteiger partial charge in [0.1, 0.15) is 0 Å². The third kappa shape index (κ3) is 4.72. The van der Waals surface area contributed by atoms with Crippen molar-refractivity contribution in [3.8, 4) is 0 Å². The van der Waals surface area contributed by atoms with E-state index in [-0.39, 0.29) is 11.2 Å². The molecule has 0 spiro atoms. The lowest BCUT2D eigenvalue weighted by Crippen LogP contribution is -2.24. The van der Waals surface area contributed by atoms with Gasteiger partial charge in [-0.25, -0.2) is 4.79 Å². The standard InChI is InChI=1S/C22H27NO3/c1-15(20(24)16-7-11-18(12-8-16)22(2,3)4)26-21(25)17-9-13-19(14-10-17)23(5)6/h7-15H,1-6H3/t15-/m0/s1. The van der Waals surface area contributed by atoms with Crippen molar-refractivity contribution in [2.24, 2.45) is 0 Å².